The summed E-state index contributed by atoms with van der Waals surface area (Å²) in [5.74, 6) is 0.352. The number of hydrogen-bond donors (Lipinski definition) is 3. The third kappa shape index (κ3) is 9.09. The number of ether oxygens (including phenoxy) is 1. The van der Waals surface area contributed by atoms with Gasteiger partial charge in [0.2, 0.25) is 15.9 Å². The Morgan fingerprint density at radius 2 is 1.94 bits per heavy atom. The molecule has 192 valence electrons. The number of hydrogen-bond acceptors (Lipinski definition) is 7. The monoisotopic (exact) mass is 497 g/mol. The molecule has 1 fully saturated rings. The minimum atomic E-state index is -3.62. The summed E-state index contributed by atoms with van der Waals surface area (Å²) in [6.07, 6.45) is 4.09. The molecule has 1 saturated heterocycles. The summed E-state index contributed by atoms with van der Waals surface area (Å²) in [7, 11) is -3.62. The normalized spacial score (nSPS) is 17.7. The van der Waals surface area contributed by atoms with Crippen molar-refractivity contribution in [2.24, 2.45) is 5.92 Å². The van der Waals surface area contributed by atoms with Crippen molar-refractivity contribution in [1.29, 1.82) is 0 Å². The molecular weight excluding hydrogens is 458 g/mol. The number of rotatable bonds is 10. The number of alkyl carbamates (subject to hydrolysis) is 1. The molecule has 2 heterocycles. The zero-order chi connectivity index (χ0) is 25.4. The van der Waals surface area contributed by atoms with Crippen molar-refractivity contribution in [3.05, 3.63) is 18.3 Å². The Bertz CT molecular complexity index is 915. The first kappa shape index (κ1) is 27.8. The lowest BCUT2D eigenvalue weighted by atomic mass is 9.97. The molecule has 1 aliphatic rings. The van der Waals surface area contributed by atoms with Crippen LogP contribution in [0.4, 0.5) is 10.6 Å². The minimum absolute atomic E-state index is 0.0796. The van der Waals surface area contributed by atoms with E-state index in [0.717, 1.165) is 32.2 Å². The van der Waals surface area contributed by atoms with E-state index in [1.54, 1.807) is 32.9 Å². The van der Waals surface area contributed by atoms with Gasteiger partial charge in [0.1, 0.15) is 16.3 Å². The molecule has 3 N–H and O–H groups in total. The summed E-state index contributed by atoms with van der Waals surface area (Å²) in [5, 5.41) is 5.47. The summed E-state index contributed by atoms with van der Waals surface area (Å²) in [6, 6.07) is 3.09. The molecule has 0 spiro atoms. The van der Waals surface area contributed by atoms with Gasteiger partial charge in [0.15, 0.2) is 0 Å². The number of amides is 2. The second-order valence-electron chi connectivity index (χ2n) is 9.67. The quantitative estimate of drug-likeness (QED) is 0.423. The molecular formula is C23H39N5O5S. The predicted molar refractivity (Wildman–Crippen MR) is 131 cm³/mol. The highest BCUT2D eigenvalue weighted by Gasteiger charge is 2.27. The van der Waals surface area contributed by atoms with E-state index in [-0.39, 0.29) is 29.3 Å². The zero-order valence-corrected chi connectivity index (χ0v) is 21.7. The van der Waals surface area contributed by atoms with Crippen molar-refractivity contribution >= 4 is 27.8 Å². The highest BCUT2D eigenvalue weighted by atomic mass is 32.2. The van der Waals surface area contributed by atoms with Crippen molar-refractivity contribution in [1.82, 2.24) is 20.3 Å². The smallest absolute Gasteiger partial charge is 0.407 e. The largest absolute Gasteiger partial charge is 0.444 e. The number of sulfonamides is 1. The molecule has 2 atom stereocenters. The minimum Gasteiger partial charge on any atom is -0.444 e. The second-order valence-corrected chi connectivity index (χ2v) is 11.4. The van der Waals surface area contributed by atoms with Crippen LogP contribution in [0.3, 0.4) is 0 Å². The van der Waals surface area contributed by atoms with Crippen molar-refractivity contribution in [3.8, 4) is 0 Å². The Morgan fingerprint density at radius 1 is 1.24 bits per heavy atom. The lowest BCUT2D eigenvalue weighted by Gasteiger charge is -2.33. The third-order valence-electron chi connectivity index (χ3n) is 5.32. The Hall–Kier alpha value is -2.40. The van der Waals surface area contributed by atoms with Crippen LogP contribution in [-0.4, -0.2) is 63.2 Å². The number of carbonyl (C=O) groups is 2. The van der Waals surface area contributed by atoms with Crippen molar-refractivity contribution in [3.63, 3.8) is 0 Å². The summed E-state index contributed by atoms with van der Waals surface area (Å²) in [6.45, 7) is 11.0. The number of pyridine rings is 1. The molecule has 2 amide bonds. The fourth-order valence-electron chi connectivity index (χ4n) is 3.75. The first-order valence-corrected chi connectivity index (χ1v) is 13.4. The van der Waals surface area contributed by atoms with E-state index in [0.29, 0.717) is 18.9 Å². The van der Waals surface area contributed by atoms with Gasteiger partial charge in [-0.2, -0.15) is 0 Å². The van der Waals surface area contributed by atoms with Gasteiger partial charge >= 0.3 is 6.09 Å². The summed E-state index contributed by atoms with van der Waals surface area (Å²) < 4.78 is 32.9. The lowest BCUT2D eigenvalue weighted by Crippen LogP contribution is -2.45. The van der Waals surface area contributed by atoms with E-state index in [1.165, 1.54) is 6.20 Å². The number of piperidine rings is 1. The summed E-state index contributed by atoms with van der Waals surface area (Å²) in [4.78, 5) is 30.7. The van der Waals surface area contributed by atoms with Gasteiger partial charge in [-0.1, -0.05) is 13.3 Å². The van der Waals surface area contributed by atoms with Crippen LogP contribution >= 0.6 is 0 Å². The molecule has 0 aromatic carbocycles. The van der Waals surface area contributed by atoms with E-state index in [4.69, 9.17) is 4.74 Å². The van der Waals surface area contributed by atoms with E-state index in [9.17, 15) is 18.0 Å². The fraction of sp³-hybridized carbons (Fsp3) is 0.696. The first-order valence-electron chi connectivity index (χ1n) is 11.9. The summed E-state index contributed by atoms with van der Waals surface area (Å²) in [5.41, 5.74) is -0.570. The van der Waals surface area contributed by atoms with Crippen LogP contribution in [0.15, 0.2) is 23.2 Å². The van der Waals surface area contributed by atoms with Crippen LogP contribution < -0.4 is 20.3 Å². The molecule has 0 aliphatic carbocycles. The lowest BCUT2D eigenvalue weighted by molar-refractivity contribution is -0.125. The van der Waals surface area contributed by atoms with Gasteiger partial charge in [-0.3, -0.25) is 4.79 Å². The average Bonchev–Trinajstić information content (AvgIpc) is 2.75. The van der Waals surface area contributed by atoms with Crippen molar-refractivity contribution in [2.75, 3.05) is 31.1 Å². The van der Waals surface area contributed by atoms with Gasteiger partial charge in [0, 0.05) is 38.4 Å². The van der Waals surface area contributed by atoms with Gasteiger partial charge in [0.05, 0.1) is 5.92 Å². The molecule has 34 heavy (non-hydrogen) atoms. The van der Waals surface area contributed by atoms with E-state index in [2.05, 4.69) is 20.3 Å². The second kappa shape index (κ2) is 12.3. The Kier molecular flexibility index (Phi) is 10.1. The maximum absolute atomic E-state index is 12.6. The van der Waals surface area contributed by atoms with Crippen LogP contribution in [0.2, 0.25) is 0 Å². The average molecular weight is 498 g/mol. The molecule has 1 aromatic heterocycles. The Morgan fingerprint density at radius 3 is 2.56 bits per heavy atom. The molecule has 1 aliphatic heterocycles. The van der Waals surface area contributed by atoms with Crippen LogP contribution in [0.1, 0.15) is 60.3 Å². The van der Waals surface area contributed by atoms with Crippen molar-refractivity contribution < 1.29 is 22.7 Å². The van der Waals surface area contributed by atoms with Gasteiger partial charge in [-0.25, -0.2) is 22.9 Å². The highest BCUT2D eigenvalue weighted by Crippen LogP contribution is 2.23. The Balaban J connectivity index is 1.86. The Labute approximate surface area is 203 Å². The van der Waals surface area contributed by atoms with Crippen LogP contribution in [0, 0.1) is 5.92 Å². The first-order chi connectivity index (χ1) is 15.9. The van der Waals surface area contributed by atoms with Crippen molar-refractivity contribution in [2.45, 2.75) is 76.8 Å². The number of carbonyl (C=O) groups excluding carboxylic acids is 2. The SMILES string of the molecule is CCCC(C)NS(=O)(=O)c1ccc(N2CCCC(C(=O)NCCNC(=O)OC(C)(C)C)C2)nc1. The number of nitrogens with zero attached hydrogens (tertiary/aromatic N) is 2. The van der Waals surface area contributed by atoms with E-state index < -0.39 is 21.7 Å². The van der Waals surface area contributed by atoms with Gasteiger partial charge in [-0.05, 0) is 59.1 Å². The van der Waals surface area contributed by atoms with Gasteiger partial charge in [0.25, 0.3) is 0 Å². The maximum Gasteiger partial charge on any atom is 0.407 e. The fourth-order valence-corrected chi connectivity index (χ4v) is 4.97. The number of anilines is 1. The predicted octanol–water partition coefficient (Wildman–Crippen LogP) is 2.41. The van der Waals surface area contributed by atoms with Gasteiger partial charge in [-0.15, -0.1) is 0 Å². The van der Waals surface area contributed by atoms with Crippen LogP contribution in [0.25, 0.3) is 0 Å². The molecule has 0 bridgehead atoms. The maximum atomic E-state index is 12.6. The van der Waals surface area contributed by atoms with Crippen LogP contribution in [0.5, 0.6) is 0 Å². The standard InChI is InChI=1S/C23H39N5O5S/c1-6-8-17(2)27-34(31,32)19-10-11-20(26-15-19)28-14-7-9-18(16-28)21(29)24-12-13-25-22(30)33-23(3,4)5/h10-11,15,17-18,27H,6-9,12-14,16H2,1-5H3,(H,24,29)(H,25,30). The molecule has 2 unspecified atom stereocenters. The summed E-state index contributed by atoms with van der Waals surface area (Å²) >= 11 is 0. The third-order valence-corrected chi connectivity index (χ3v) is 6.89. The zero-order valence-electron chi connectivity index (χ0n) is 20.9. The van der Waals surface area contributed by atoms with Gasteiger partial charge < -0.3 is 20.3 Å². The molecule has 0 radical (unpaired) electrons. The molecule has 10 nitrogen and oxygen atoms in total. The molecule has 0 saturated carbocycles. The molecule has 11 heteroatoms. The van der Waals surface area contributed by atoms with E-state index >= 15 is 0 Å². The number of aromatic nitrogens is 1. The molecule has 2 rings (SSSR count). The number of nitrogens with one attached hydrogen (secondary N) is 3. The van der Waals surface area contributed by atoms with E-state index in [1.807, 2.05) is 18.7 Å². The topological polar surface area (TPSA) is 130 Å². The highest BCUT2D eigenvalue weighted by molar-refractivity contribution is 7.89. The molecule has 1 aromatic rings. The van der Waals surface area contributed by atoms with Crippen LogP contribution in [-0.2, 0) is 19.6 Å².